The number of rotatable bonds is 4. The standard InChI is InChI=1S/C15H22O2/c1-3-11(2)12-6-8-13(9-7-12)15(16)14-5-4-10-17-14/h6-9,11,14-16H,3-5,10H2,1-2H3. The van der Waals surface area contributed by atoms with Crippen molar-refractivity contribution in [2.45, 2.75) is 51.2 Å². The fourth-order valence-corrected chi connectivity index (χ4v) is 2.32. The minimum Gasteiger partial charge on any atom is -0.386 e. The first kappa shape index (κ1) is 12.6. The molecule has 1 aliphatic rings. The quantitative estimate of drug-likeness (QED) is 0.865. The Bertz CT molecular complexity index is 338. The number of ether oxygens (including phenoxy) is 1. The number of hydrogen-bond acceptors (Lipinski definition) is 2. The van der Waals surface area contributed by atoms with Crippen LogP contribution < -0.4 is 0 Å². The number of aliphatic hydroxyl groups excluding tert-OH is 1. The molecule has 1 N–H and O–H groups in total. The van der Waals surface area contributed by atoms with Gasteiger partial charge in [0.1, 0.15) is 6.10 Å². The molecule has 94 valence electrons. The van der Waals surface area contributed by atoms with E-state index in [2.05, 4.69) is 26.0 Å². The third kappa shape index (κ3) is 2.88. The summed E-state index contributed by atoms with van der Waals surface area (Å²) in [5.74, 6) is 0.587. The summed E-state index contributed by atoms with van der Waals surface area (Å²) in [6.45, 7) is 5.21. The van der Waals surface area contributed by atoms with Gasteiger partial charge in [-0.1, -0.05) is 38.1 Å². The van der Waals surface area contributed by atoms with E-state index in [4.69, 9.17) is 4.74 Å². The molecule has 2 rings (SSSR count). The first-order valence-electron chi connectivity index (χ1n) is 6.62. The van der Waals surface area contributed by atoms with Crippen molar-refractivity contribution in [2.24, 2.45) is 0 Å². The highest BCUT2D eigenvalue weighted by Crippen LogP contribution is 2.28. The monoisotopic (exact) mass is 234 g/mol. The van der Waals surface area contributed by atoms with Gasteiger partial charge < -0.3 is 9.84 Å². The predicted octanol–water partition coefficient (Wildman–Crippen LogP) is 3.41. The van der Waals surface area contributed by atoms with Gasteiger partial charge in [0.15, 0.2) is 0 Å². The van der Waals surface area contributed by atoms with Crippen LogP contribution in [0.15, 0.2) is 24.3 Å². The third-order valence-electron chi connectivity index (χ3n) is 3.78. The van der Waals surface area contributed by atoms with E-state index < -0.39 is 6.10 Å². The molecule has 1 heterocycles. The second kappa shape index (κ2) is 5.65. The van der Waals surface area contributed by atoms with Crippen LogP contribution in [0.5, 0.6) is 0 Å². The summed E-state index contributed by atoms with van der Waals surface area (Å²) in [7, 11) is 0. The van der Waals surface area contributed by atoms with Crippen LogP contribution in [0.25, 0.3) is 0 Å². The lowest BCUT2D eigenvalue weighted by Gasteiger charge is -2.18. The highest BCUT2D eigenvalue weighted by atomic mass is 16.5. The zero-order chi connectivity index (χ0) is 12.3. The van der Waals surface area contributed by atoms with Gasteiger partial charge in [0.25, 0.3) is 0 Å². The molecule has 0 bridgehead atoms. The molecule has 2 heteroatoms. The van der Waals surface area contributed by atoms with Gasteiger partial charge in [0.05, 0.1) is 6.10 Å². The van der Waals surface area contributed by atoms with E-state index in [0.717, 1.165) is 31.4 Å². The molecule has 3 unspecified atom stereocenters. The lowest BCUT2D eigenvalue weighted by Crippen LogP contribution is -2.17. The van der Waals surface area contributed by atoms with Crippen molar-refractivity contribution in [3.8, 4) is 0 Å². The minimum absolute atomic E-state index is 0.00977. The van der Waals surface area contributed by atoms with Gasteiger partial charge in [-0.3, -0.25) is 0 Å². The number of hydrogen-bond donors (Lipinski definition) is 1. The van der Waals surface area contributed by atoms with Gasteiger partial charge in [0, 0.05) is 6.61 Å². The van der Waals surface area contributed by atoms with Gasteiger partial charge in [0.2, 0.25) is 0 Å². The maximum Gasteiger partial charge on any atom is 0.105 e. The largest absolute Gasteiger partial charge is 0.386 e. The molecule has 0 aliphatic carbocycles. The van der Waals surface area contributed by atoms with Crippen LogP contribution in [-0.4, -0.2) is 17.8 Å². The fourth-order valence-electron chi connectivity index (χ4n) is 2.32. The molecular weight excluding hydrogens is 212 g/mol. The molecule has 3 atom stereocenters. The third-order valence-corrected chi connectivity index (χ3v) is 3.78. The van der Waals surface area contributed by atoms with Crippen LogP contribution in [0, 0.1) is 0 Å². The van der Waals surface area contributed by atoms with Crippen molar-refractivity contribution >= 4 is 0 Å². The van der Waals surface area contributed by atoms with Crippen molar-refractivity contribution in [3.05, 3.63) is 35.4 Å². The molecule has 0 aromatic heterocycles. The SMILES string of the molecule is CCC(C)c1ccc(C(O)C2CCCO2)cc1. The van der Waals surface area contributed by atoms with E-state index in [1.165, 1.54) is 5.56 Å². The van der Waals surface area contributed by atoms with Crippen LogP contribution in [0.1, 0.15) is 56.3 Å². The maximum absolute atomic E-state index is 10.2. The van der Waals surface area contributed by atoms with Gasteiger partial charge >= 0.3 is 0 Å². The second-order valence-electron chi connectivity index (χ2n) is 4.97. The van der Waals surface area contributed by atoms with Crippen LogP contribution >= 0.6 is 0 Å². The number of benzene rings is 1. The Morgan fingerprint density at radius 3 is 2.47 bits per heavy atom. The Hall–Kier alpha value is -0.860. The molecule has 1 aromatic rings. The highest BCUT2D eigenvalue weighted by Gasteiger charge is 2.25. The zero-order valence-corrected chi connectivity index (χ0v) is 10.7. The Morgan fingerprint density at radius 1 is 1.29 bits per heavy atom. The summed E-state index contributed by atoms with van der Waals surface area (Å²) in [6.07, 6.45) is 2.70. The van der Waals surface area contributed by atoms with Crippen molar-refractivity contribution < 1.29 is 9.84 Å². The van der Waals surface area contributed by atoms with Crippen molar-refractivity contribution in [1.82, 2.24) is 0 Å². The molecule has 1 saturated heterocycles. The van der Waals surface area contributed by atoms with Crippen LogP contribution in [-0.2, 0) is 4.74 Å². The zero-order valence-electron chi connectivity index (χ0n) is 10.7. The van der Waals surface area contributed by atoms with Crippen LogP contribution in [0.4, 0.5) is 0 Å². The van der Waals surface area contributed by atoms with E-state index in [0.29, 0.717) is 5.92 Å². The van der Waals surface area contributed by atoms with E-state index in [-0.39, 0.29) is 6.10 Å². The Balaban J connectivity index is 2.06. The molecule has 0 spiro atoms. The first-order chi connectivity index (χ1) is 8.22. The topological polar surface area (TPSA) is 29.5 Å². The van der Waals surface area contributed by atoms with Gasteiger partial charge in [-0.25, -0.2) is 0 Å². The van der Waals surface area contributed by atoms with Gasteiger partial charge in [-0.15, -0.1) is 0 Å². The minimum atomic E-state index is -0.469. The fraction of sp³-hybridized carbons (Fsp3) is 0.600. The lowest BCUT2D eigenvalue weighted by molar-refractivity contribution is -0.00259. The summed E-state index contributed by atoms with van der Waals surface area (Å²) in [4.78, 5) is 0. The molecule has 1 aromatic carbocycles. The molecule has 1 fully saturated rings. The summed E-state index contributed by atoms with van der Waals surface area (Å²) in [5.41, 5.74) is 2.32. The van der Waals surface area contributed by atoms with Crippen molar-refractivity contribution in [3.63, 3.8) is 0 Å². The lowest BCUT2D eigenvalue weighted by atomic mass is 9.95. The normalized spacial score (nSPS) is 23.6. The molecular formula is C15H22O2. The summed E-state index contributed by atoms with van der Waals surface area (Å²) < 4.78 is 5.52. The second-order valence-corrected chi connectivity index (χ2v) is 4.97. The average molecular weight is 234 g/mol. The molecule has 2 nitrogen and oxygen atoms in total. The maximum atomic E-state index is 10.2. The van der Waals surface area contributed by atoms with Crippen molar-refractivity contribution in [1.29, 1.82) is 0 Å². The van der Waals surface area contributed by atoms with Crippen LogP contribution in [0.3, 0.4) is 0 Å². The number of aliphatic hydroxyl groups is 1. The summed E-state index contributed by atoms with van der Waals surface area (Å²) in [5, 5.41) is 10.2. The van der Waals surface area contributed by atoms with E-state index in [9.17, 15) is 5.11 Å². The molecule has 0 saturated carbocycles. The molecule has 0 radical (unpaired) electrons. The average Bonchev–Trinajstić information content (AvgIpc) is 2.91. The highest BCUT2D eigenvalue weighted by molar-refractivity contribution is 5.27. The molecule has 0 amide bonds. The smallest absolute Gasteiger partial charge is 0.105 e. The van der Waals surface area contributed by atoms with Crippen LogP contribution in [0.2, 0.25) is 0 Å². The van der Waals surface area contributed by atoms with Gasteiger partial charge in [-0.05, 0) is 36.3 Å². The van der Waals surface area contributed by atoms with Crippen molar-refractivity contribution in [2.75, 3.05) is 6.61 Å². The summed E-state index contributed by atoms with van der Waals surface area (Å²) in [6, 6.07) is 8.32. The predicted molar refractivity (Wildman–Crippen MR) is 69.1 cm³/mol. The van der Waals surface area contributed by atoms with Gasteiger partial charge in [-0.2, -0.15) is 0 Å². The molecule has 1 aliphatic heterocycles. The van der Waals surface area contributed by atoms with E-state index in [1.54, 1.807) is 0 Å². The van der Waals surface area contributed by atoms with E-state index >= 15 is 0 Å². The molecule has 17 heavy (non-hydrogen) atoms. The van der Waals surface area contributed by atoms with E-state index in [1.807, 2.05) is 12.1 Å². The summed E-state index contributed by atoms with van der Waals surface area (Å²) >= 11 is 0. The Kier molecular flexibility index (Phi) is 4.19. The Labute approximate surface area is 104 Å². The first-order valence-corrected chi connectivity index (χ1v) is 6.62. The Morgan fingerprint density at radius 2 is 1.94 bits per heavy atom.